The summed E-state index contributed by atoms with van der Waals surface area (Å²) in [5, 5.41) is 0. The van der Waals surface area contributed by atoms with Crippen molar-refractivity contribution in [2.75, 3.05) is 19.7 Å². The molecule has 1 saturated heterocycles. The molecular formula is C18H24N2O4S. The molecule has 6 nitrogen and oxygen atoms in total. The Labute approximate surface area is 151 Å². The lowest BCUT2D eigenvalue weighted by molar-refractivity contribution is -0.137. The van der Waals surface area contributed by atoms with Crippen LogP contribution in [0.4, 0.5) is 0 Å². The summed E-state index contributed by atoms with van der Waals surface area (Å²) >= 11 is 1.50. The predicted molar refractivity (Wildman–Crippen MR) is 94.4 cm³/mol. The number of thiophene rings is 1. The average Bonchev–Trinajstić information content (AvgIpc) is 2.90. The molecule has 2 aliphatic rings. The number of amides is 2. The van der Waals surface area contributed by atoms with Crippen molar-refractivity contribution in [3.05, 3.63) is 21.4 Å². The summed E-state index contributed by atoms with van der Waals surface area (Å²) in [6.07, 6.45) is 6.77. The Bertz CT molecular complexity index is 639. The first-order valence-corrected chi connectivity index (χ1v) is 9.72. The molecule has 0 atom stereocenters. The zero-order chi connectivity index (χ0) is 17.8. The van der Waals surface area contributed by atoms with Crippen molar-refractivity contribution in [3.63, 3.8) is 0 Å². The van der Waals surface area contributed by atoms with E-state index in [4.69, 9.17) is 10.5 Å². The van der Waals surface area contributed by atoms with Crippen LogP contribution >= 0.6 is 11.3 Å². The van der Waals surface area contributed by atoms with Crippen molar-refractivity contribution in [1.29, 1.82) is 0 Å². The first-order chi connectivity index (χ1) is 12.0. The van der Waals surface area contributed by atoms with Crippen LogP contribution in [0.2, 0.25) is 0 Å². The van der Waals surface area contributed by atoms with E-state index >= 15 is 0 Å². The summed E-state index contributed by atoms with van der Waals surface area (Å²) < 4.78 is 5.22. The molecule has 3 rings (SSSR count). The fourth-order valence-electron chi connectivity index (χ4n) is 3.47. The third-order valence-corrected chi connectivity index (χ3v) is 6.24. The second-order valence-corrected chi connectivity index (χ2v) is 7.89. The highest BCUT2D eigenvalue weighted by Crippen LogP contribution is 2.29. The number of primary amides is 1. The lowest BCUT2D eigenvalue weighted by Gasteiger charge is -2.30. The first-order valence-electron chi connectivity index (χ1n) is 8.90. The van der Waals surface area contributed by atoms with Crippen LogP contribution in [-0.4, -0.2) is 42.4 Å². The highest BCUT2D eigenvalue weighted by atomic mass is 32.1. The number of piperidine rings is 1. The number of rotatable bonds is 4. The van der Waals surface area contributed by atoms with E-state index in [0.29, 0.717) is 30.8 Å². The number of esters is 1. The molecule has 0 saturated carbocycles. The number of likely N-dealkylation sites (tertiary alicyclic amines) is 1. The third-order valence-electron chi connectivity index (χ3n) is 5.02. The fraction of sp³-hybridized carbons (Fsp3) is 0.611. The van der Waals surface area contributed by atoms with Gasteiger partial charge in [0.25, 0.3) is 5.91 Å². The number of hydrogen-bond acceptors (Lipinski definition) is 5. The largest absolute Gasteiger partial charge is 0.451 e. The van der Waals surface area contributed by atoms with E-state index < -0.39 is 5.97 Å². The molecular weight excluding hydrogens is 340 g/mol. The molecule has 1 fully saturated rings. The predicted octanol–water partition coefficient (Wildman–Crippen LogP) is 1.90. The second-order valence-electron chi connectivity index (χ2n) is 6.75. The van der Waals surface area contributed by atoms with Crippen molar-refractivity contribution in [2.45, 2.75) is 44.9 Å². The molecule has 0 spiro atoms. The van der Waals surface area contributed by atoms with E-state index in [1.807, 2.05) is 6.07 Å². The van der Waals surface area contributed by atoms with Crippen molar-refractivity contribution in [1.82, 2.24) is 4.90 Å². The maximum Gasteiger partial charge on any atom is 0.348 e. The minimum atomic E-state index is -0.418. The Kier molecular flexibility index (Phi) is 5.73. The number of fused-ring (bicyclic) bond motifs is 1. The summed E-state index contributed by atoms with van der Waals surface area (Å²) in [7, 11) is 0. The lowest BCUT2D eigenvalue weighted by atomic mass is 9.96. The molecule has 2 heterocycles. The van der Waals surface area contributed by atoms with E-state index in [2.05, 4.69) is 0 Å². The maximum atomic E-state index is 12.2. The zero-order valence-corrected chi connectivity index (χ0v) is 15.1. The van der Waals surface area contributed by atoms with Gasteiger partial charge in [0, 0.05) is 23.9 Å². The molecule has 136 valence electrons. The molecule has 1 aliphatic carbocycles. The van der Waals surface area contributed by atoms with Crippen LogP contribution in [0.3, 0.4) is 0 Å². The Balaban J connectivity index is 1.49. The van der Waals surface area contributed by atoms with Gasteiger partial charge in [-0.25, -0.2) is 4.79 Å². The number of carbonyl (C=O) groups is 3. The van der Waals surface area contributed by atoms with Gasteiger partial charge in [-0.05, 0) is 50.2 Å². The van der Waals surface area contributed by atoms with Crippen molar-refractivity contribution < 1.29 is 19.1 Å². The minimum absolute atomic E-state index is 0.159. The minimum Gasteiger partial charge on any atom is -0.451 e. The number of nitrogens with two attached hydrogens (primary N) is 1. The Hall–Kier alpha value is -1.89. The van der Waals surface area contributed by atoms with Gasteiger partial charge in [-0.2, -0.15) is 0 Å². The molecule has 1 aliphatic heterocycles. The smallest absolute Gasteiger partial charge is 0.348 e. The molecule has 0 bridgehead atoms. The zero-order valence-electron chi connectivity index (χ0n) is 14.3. The van der Waals surface area contributed by atoms with Crippen LogP contribution in [0.1, 0.15) is 52.2 Å². The van der Waals surface area contributed by atoms with Gasteiger partial charge in [0.1, 0.15) is 4.88 Å². The second kappa shape index (κ2) is 7.99. The number of carbonyl (C=O) groups excluding carboxylic acids is 3. The third kappa shape index (κ3) is 4.39. The van der Waals surface area contributed by atoms with Gasteiger partial charge in [0.15, 0.2) is 6.61 Å². The molecule has 2 amide bonds. The van der Waals surface area contributed by atoms with Crippen LogP contribution in [0, 0.1) is 5.92 Å². The standard InChI is InChI=1S/C18H24N2O4S/c19-17(22)12-6-8-20(9-7-12)16(21)11-24-18(23)15-10-13-4-2-1-3-5-14(13)25-15/h10,12H,1-9,11H2,(H2,19,22). The molecule has 25 heavy (non-hydrogen) atoms. The molecule has 7 heteroatoms. The van der Waals surface area contributed by atoms with Crippen LogP contribution in [-0.2, 0) is 27.2 Å². The SMILES string of the molecule is NC(=O)C1CCN(C(=O)COC(=O)c2cc3c(s2)CCCCC3)CC1. The highest BCUT2D eigenvalue weighted by Gasteiger charge is 2.26. The van der Waals surface area contributed by atoms with Gasteiger partial charge in [-0.3, -0.25) is 9.59 Å². The van der Waals surface area contributed by atoms with E-state index in [0.717, 1.165) is 19.3 Å². The summed E-state index contributed by atoms with van der Waals surface area (Å²) in [6.45, 7) is 0.719. The molecule has 0 aromatic carbocycles. The van der Waals surface area contributed by atoms with E-state index in [9.17, 15) is 14.4 Å². The first kappa shape index (κ1) is 17.9. The van der Waals surface area contributed by atoms with Crippen LogP contribution < -0.4 is 5.73 Å². The normalized spacial score (nSPS) is 18.3. The van der Waals surface area contributed by atoms with Crippen molar-refractivity contribution in [3.8, 4) is 0 Å². The van der Waals surface area contributed by atoms with E-state index in [1.165, 1.54) is 34.6 Å². The monoisotopic (exact) mass is 364 g/mol. The Morgan fingerprint density at radius 1 is 1.16 bits per heavy atom. The number of aryl methyl sites for hydroxylation is 2. The lowest BCUT2D eigenvalue weighted by Crippen LogP contribution is -2.43. The molecule has 0 radical (unpaired) electrons. The van der Waals surface area contributed by atoms with Gasteiger partial charge < -0.3 is 15.4 Å². The van der Waals surface area contributed by atoms with Gasteiger partial charge >= 0.3 is 5.97 Å². The van der Waals surface area contributed by atoms with Gasteiger partial charge in [0.2, 0.25) is 5.91 Å². The average molecular weight is 364 g/mol. The molecule has 1 aromatic heterocycles. The fourth-order valence-corrected chi connectivity index (χ4v) is 4.62. The Morgan fingerprint density at radius 2 is 1.88 bits per heavy atom. The van der Waals surface area contributed by atoms with Crippen LogP contribution in [0.15, 0.2) is 6.07 Å². The molecule has 2 N–H and O–H groups in total. The molecule has 1 aromatic rings. The maximum absolute atomic E-state index is 12.2. The van der Waals surface area contributed by atoms with Crippen LogP contribution in [0.5, 0.6) is 0 Å². The van der Waals surface area contributed by atoms with Gasteiger partial charge in [0.05, 0.1) is 0 Å². The van der Waals surface area contributed by atoms with Gasteiger partial charge in [-0.15, -0.1) is 11.3 Å². The quantitative estimate of drug-likeness (QED) is 0.653. The highest BCUT2D eigenvalue weighted by molar-refractivity contribution is 7.14. The number of ether oxygens (including phenoxy) is 1. The Morgan fingerprint density at radius 3 is 2.60 bits per heavy atom. The number of nitrogens with zero attached hydrogens (tertiary/aromatic N) is 1. The van der Waals surface area contributed by atoms with Crippen LogP contribution in [0.25, 0.3) is 0 Å². The summed E-state index contributed by atoms with van der Waals surface area (Å²) in [5.41, 5.74) is 6.55. The van der Waals surface area contributed by atoms with Crippen molar-refractivity contribution >= 4 is 29.1 Å². The summed E-state index contributed by atoms with van der Waals surface area (Å²) in [5.74, 6) is -1.10. The van der Waals surface area contributed by atoms with Crippen molar-refractivity contribution in [2.24, 2.45) is 11.7 Å². The van der Waals surface area contributed by atoms with Gasteiger partial charge in [-0.1, -0.05) is 6.42 Å². The summed E-state index contributed by atoms with van der Waals surface area (Å²) in [4.78, 5) is 39.1. The summed E-state index contributed by atoms with van der Waals surface area (Å²) in [6, 6.07) is 1.93. The van der Waals surface area contributed by atoms with E-state index in [1.54, 1.807) is 4.90 Å². The molecule has 0 unspecified atom stereocenters. The topological polar surface area (TPSA) is 89.7 Å². The van der Waals surface area contributed by atoms with E-state index in [-0.39, 0.29) is 24.3 Å². The number of hydrogen-bond donors (Lipinski definition) is 1.